The van der Waals surface area contributed by atoms with Crippen molar-refractivity contribution in [3.05, 3.63) is 23.4 Å². The van der Waals surface area contributed by atoms with Crippen LogP contribution in [0.3, 0.4) is 0 Å². The molecular weight excluding hydrogens is 228 g/mol. The molecule has 0 aromatic carbocycles. The van der Waals surface area contributed by atoms with E-state index in [0.717, 1.165) is 36.5 Å². The molecule has 1 aliphatic rings. The molecule has 1 atom stereocenters. The molecule has 0 radical (unpaired) electrons. The van der Waals surface area contributed by atoms with Gasteiger partial charge in [-0.1, -0.05) is 6.07 Å². The molecule has 1 aliphatic heterocycles. The van der Waals surface area contributed by atoms with E-state index in [1.54, 1.807) is 0 Å². The summed E-state index contributed by atoms with van der Waals surface area (Å²) in [7, 11) is 0. The summed E-state index contributed by atoms with van der Waals surface area (Å²) in [6.45, 7) is 3.29. The average Bonchev–Trinajstić information content (AvgIpc) is 2.84. The highest BCUT2D eigenvalue weighted by atomic mass is 16.3. The molecule has 0 amide bonds. The second-order valence-electron chi connectivity index (χ2n) is 4.93. The van der Waals surface area contributed by atoms with Crippen LogP contribution in [0.5, 0.6) is 0 Å². The highest BCUT2D eigenvalue weighted by Crippen LogP contribution is 2.27. The monoisotopic (exact) mass is 250 g/mol. The van der Waals surface area contributed by atoms with Crippen molar-refractivity contribution in [2.75, 3.05) is 18.1 Å². The first-order valence-electron chi connectivity index (χ1n) is 6.71. The molecule has 1 unspecified atom stereocenters. The average molecular weight is 250 g/mol. The van der Waals surface area contributed by atoms with E-state index in [1.165, 1.54) is 12.8 Å². The molecule has 2 heterocycles. The fraction of sp³-hybridized carbons (Fsp3) is 0.643. The van der Waals surface area contributed by atoms with Crippen LogP contribution in [0.2, 0.25) is 0 Å². The Balaban J connectivity index is 2.12. The highest BCUT2D eigenvalue weighted by molar-refractivity contribution is 5.43. The number of rotatable bonds is 5. The molecular formula is C14H22N2O2. The molecule has 1 aromatic heterocycles. The van der Waals surface area contributed by atoms with Crippen LogP contribution in [0, 0.1) is 6.92 Å². The van der Waals surface area contributed by atoms with E-state index >= 15 is 0 Å². The van der Waals surface area contributed by atoms with Gasteiger partial charge in [-0.15, -0.1) is 0 Å². The highest BCUT2D eigenvalue weighted by Gasteiger charge is 2.25. The van der Waals surface area contributed by atoms with E-state index in [9.17, 15) is 0 Å². The van der Waals surface area contributed by atoms with Gasteiger partial charge < -0.3 is 15.1 Å². The minimum Gasteiger partial charge on any atom is -0.396 e. The number of aliphatic hydroxyl groups is 2. The van der Waals surface area contributed by atoms with Gasteiger partial charge in [0.2, 0.25) is 0 Å². The van der Waals surface area contributed by atoms with Crippen molar-refractivity contribution in [1.82, 2.24) is 4.98 Å². The van der Waals surface area contributed by atoms with Gasteiger partial charge in [0.1, 0.15) is 5.82 Å². The Labute approximate surface area is 108 Å². The van der Waals surface area contributed by atoms with Gasteiger partial charge in [-0.3, -0.25) is 0 Å². The third-order valence-corrected chi connectivity index (χ3v) is 3.72. The minimum absolute atomic E-state index is 0.0487. The van der Waals surface area contributed by atoms with Crippen LogP contribution >= 0.6 is 0 Å². The molecule has 100 valence electrons. The van der Waals surface area contributed by atoms with Gasteiger partial charge in [0.05, 0.1) is 6.61 Å². The number of pyridine rings is 1. The second-order valence-corrected chi connectivity index (χ2v) is 4.93. The summed E-state index contributed by atoms with van der Waals surface area (Å²) >= 11 is 0. The number of anilines is 1. The zero-order chi connectivity index (χ0) is 13.0. The molecule has 2 rings (SSSR count). The molecule has 4 heteroatoms. The van der Waals surface area contributed by atoms with E-state index < -0.39 is 0 Å². The van der Waals surface area contributed by atoms with Crippen LogP contribution in [0.15, 0.2) is 12.1 Å². The van der Waals surface area contributed by atoms with Crippen molar-refractivity contribution >= 4 is 5.82 Å². The van der Waals surface area contributed by atoms with Gasteiger partial charge in [-0.2, -0.15) is 0 Å². The van der Waals surface area contributed by atoms with Crippen molar-refractivity contribution in [2.45, 2.75) is 45.3 Å². The summed E-state index contributed by atoms with van der Waals surface area (Å²) in [5.74, 6) is 1.00. The Bertz CT molecular complexity index is 395. The standard InChI is InChI=1S/C14H22N2O2/c1-11-12(10-18)6-7-14(15-11)16-8-2-4-13(16)5-3-9-17/h6-7,13,17-18H,2-5,8-10H2,1H3. The summed E-state index contributed by atoms with van der Waals surface area (Å²) in [4.78, 5) is 6.92. The lowest BCUT2D eigenvalue weighted by molar-refractivity contribution is 0.279. The molecule has 1 fully saturated rings. The van der Waals surface area contributed by atoms with Gasteiger partial charge in [0, 0.05) is 24.9 Å². The van der Waals surface area contributed by atoms with Crippen molar-refractivity contribution in [3.63, 3.8) is 0 Å². The lowest BCUT2D eigenvalue weighted by Crippen LogP contribution is -2.30. The fourth-order valence-electron chi connectivity index (χ4n) is 2.67. The summed E-state index contributed by atoms with van der Waals surface area (Å²) in [5, 5.41) is 18.1. The molecule has 1 saturated heterocycles. The molecule has 18 heavy (non-hydrogen) atoms. The predicted octanol–water partition coefficient (Wildman–Crippen LogP) is 1.62. The van der Waals surface area contributed by atoms with Crippen molar-refractivity contribution in [2.24, 2.45) is 0 Å². The van der Waals surface area contributed by atoms with E-state index in [4.69, 9.17) is 10.2 Å². The zero-order valence-corrected chi connectivity index (χ0v) is 11.0. The molecule has 0 spiro atoms. The van der Waals surface area contributed by atoms with E-state index in [0.29, 0.717) is 6.04 Å². The van der Waals surface area contributed by atoms with E-state index in [-0.39, 0.29) is 13.2 Å². The Hall–Kier alpha value is -1.13. The summed E-state index contributed by atoms with van der Waals surface area (Å²) in [5.41, 5.74) is 1.80. The van der Waals surface area contributed by atoms with Gasteiger partial charge in [-0.25, -0.2) is 4.98 Å². The number of aromatic nitrogens is 1. The number of aliphatic hydroxyl groups excluding tert-OH is 2. The molecule has 1 aromatic rings. The fourth-order valence-corrected chi connectivity index (χ4v) is 2.67. The summed E-state index contributed by atoms with van der Waals surface area (Å²) < 4.78 is 0. The zero-order valence-electron chi connectivity index (χ0n) is 11.0. The molecule has 2 N–H and O–H groups in total. The maximum absolute atomic E-state index is 9.16. The molecule has 4 nitrogen and oxygen atoms in total. The van der Waals surface area contributed by atoms with Crippen molar-refractivity contribution in [1.29, 1.82) is 0 Å². The van der Waals surface area contributed by atoms with Crippen LogP contribution < -0.4 is 4.90 Å². The smallest absolute Gasteiger partial charge is 0.129 e. The maximum Gasteiger partial charge on any atom is 0.129 e. The van der Waals surface area contributed by atoms with E-state index in [1.807, 2.05) is 19.1 Å². The third kappa shape index (κ3) is 2.82. The van der Waals surface area contributed by atoms with Crippen LogP contribution in [0.1, 0.15) is 36.9 Å². The first-order valence-corrected chi connectivity index (χ1v) is 6.71. The Morgan fingerprint density at radius 3 is 2.89 bits per heavy atom. The lowest BCUT2D eigenvalue weighted by atomic mass is 10.1. The Morgan fingerprint density at radius 1 is 1.39 bits per heavy atom. The number of aryl methyl sites for hydroxylation is 1. The summed E-state index contributed by atoms with van der Waals surface area (Å²) in [6, 6.07) is 4.46. The number of hydrogen-bond donors (Lipinski definition) is 2. The first kappa shape index (κ1) is 13.3. The quantitative estimate of drug-likeness (QED) is 0.834. The Kier molecular flexibility index (Phi) is 4.55. The maximum atomic E-state index is 9.16. The van der Waals surface area contributed by atoms with Gasteiger partial charge in [-0.05, 0) is 44.2 Å². The van der Waals surface area contributed by atoms with E-state index in [2.05, 4.69) is 9.88 Å². The lowest BCUT2D eigenvalue weighted by Gasteiger charge is -2.26. The predicted molar refractivity (Wildman–Crippen MR) is 71.6 cm³/mol. The normalized spacial score (nSPS) is 19.5. The van der Waals surface area contributed by atoms with Crippen LogP contribution in [-0.2, 0) is 6.61 Å². The van der Waals surface area contributed by atoms with Gasteiger partial charge in [0.25, 0.3) is 0 Å². The topological polar surface area (TPSA) is 56.6 Å². The van der Waals surface area contributed by atoms with Crippen molar-refractivity contribution in [3.8, 4) is 0 Å². The summed E-state index contributed by atoms with van der Waals surface area (Å²) in [6.07, 6.45) is 4.26. The minimum atomic E-state index is 0.0487. The molecule has 0 aliphatic carbocycles. The van der Waals surface area contributed by atoms with Crippen LogP contribution in [0.25, 0.3) is 0 Å². The van der Waals surface area contributed by atoms with Crippen molar-refractivity contribution < 1.29 is 10.2 Å². The second kappa shape index (κ2) is 6.16. The van der Waals surface area contributed by atoms with Gasteiger partial charge >= 0.3 is 0 Å². The third-order valence-electron chi connectivity index (χ3n) is 3.72. The Morgan fingerprint density at radius 2 is 2.22 bits per heavy atom. The first-order chi connectivity index (χ1) is 8.76. The molecule has 0 bridgehead atoms. The largest absolute Gasteiger partial charge is 0.396 e. The SMILES string of the molecule is Cc1nc(N2CCCC2CCCO)ccc1CO. The van der Waals surface area contributed by atoms with Gasteiger partial charge in [0.15, 0.2) is 0 Å². The van der Waals surface area contributed by atoms with Crippen LogP contribution in [-0.4, -0.2) is 34.4 Å². The van der Waals surface area contributed by atoms with Crippen LogP contribution in [0.4, 0.5) is 5.82 Å². The number of nitrogens with zero attached hydrogens (tertiary/aromatic N) is 2. The number of hydrogen-bond acceptors (Lipinski definition) is 4. The molecule has 0 saturated carbocycles.